The summed E-state index contributed by atoms with van der Waals surface area (Å²) in [6.45, 7) is 3.44. The van der Waals surface area contributed by atoms with Gasteiger partial charge < -0.3 is 9.84 Å². The first-order valence-electron chi connectivity index (χ1n) is 5.13. The lowest BCUT2D eigenvalue weighted by Gasteiger charge is -2.13. The predicted molar refractivity (Wildman–Crippen MR) is 58.1 cm³/mol. The van der Waals surface area contributed by atoms with Crippen molar-refractivity contribution in [2.45, 2.75) is 32.8 Å². The number of ether oxygens (including phenoxy) is 1. The molecule has 1 N–H and O–H groups in total. The molecule has 0 radical (unpaired) electrons. The van der Waals surface area contributed by atoms with Crippen molar-refractivity contribution >= 4 is 5.97 Å². The van der Waals surface area contributed by atoms with Gasteiger partial charge in [0.1, 0.15) is 11.6 Å². The summed E-state index contributed by atoms with van der Waals surface area (Å²) in [5, 5.41) is 8.49. The minimum Gasteiger partial charge on any atom is -0.491 e. The van der Waals surface area contributed by atoms with Crippen LogP contribution < -0.4 is 4.74 Å². The largest absolute Gasteiger partial charge is 0.491 e. The van der Waals surface area contributed by atoms with E-state index in [0.29, 0.717) is 17.7 Å². The van der Waals surface area contributed by atoms with Gasteiger partial charge in [-0.05, 0) is 31.9 Å². The Bertz CT molecular complexity index is 377. The van der Waals surface area contributed by atoms with E-state index in [2.05, 4.69) is 0 Å². The third-order valence-electron chi connectivity index (χ3n) is 2.25. The van der Waals surface area contributed by atoms with Gasteiger partial charge in [0.2, 0.25) is 0 Å². The van der Waals surface area contributed by atoms with Crippen LogP contribution in [0.1, 0.15) is 25.3 Å². The molecule has 0 heterocycles. The van der Waals surface area contributed by atoms with Crippen molar-refractivity contribution in [2.24, 2.45) is 0 Å². The molecule has 1 unspecified atom stereocenters. The molecule has 0 aromatic heterocycles. The predicted octanol–water partition coefficient (Wildman–Crippen LogP) is 2.77. The van der Waals surface area contributed by atoms with Crippen molar-refractivity contribution in [3.8, 4) is 5.75 Å². The minimum atomic E-state index is -0.856. The molecule has 0 aliphatic rings. The highest BCUT2D eigenvalue weighted by molar-refractivity contribution is 5.66. The SMILES string of the molecule is Cc1ccc(OC(C)CCC(=O)O)cc1F. The molecule has 4 heteroatoms. The van der Waals surface area contributed by atoms with Gasteiger partial charge in [0.15, 0.2) is 0 Å². The zero-order valence-electron chi connectivity index (χ0n) is 9.37. The topological polar surface area (TPSA) is 46.5 Å². The van der Waals surface area contributed by atoms with E-state index in [1.54, 1.807) is 26.0 Å². The van der Waals surface area contributed by atoms with E-state index in [0.717, 1.165) is 0 Å². The van der Waals surface area contributed by atoms with Gasteiger partial charge in [-0.1, -0.05) is 6.07 Å². The number of aliphatic carboxylic acids is 1. The third-order valence-corrected chi connectivity index (χ3v) is 2.25. The van der Waals surface area contributed by atoms with Crippen LogP contribution in [-0.4, -0.2) is 17.2 Å². The lowest BCUT2D eigenvalue weighted by molar-refractivity contribution is -0.137. The van der Waals surface area contributed by atoms with Crippen LogP contribution in [0, 0.1) is 12.7 Å². The third kappa shape index (κ3) is 3.88. The van der Waals surface area contributed by atoms with Gasteiger partial charge in [0, 0.05) is 12.5 Å². The molecule has 3 nitrogen and oxygen atoms in total. The Balaban J connectivity index is 2.52. The molecule has 0 spiro atoms. The van der Waals surface area contributed by atoms with E-state index in [-0.39, 0.29) is 18.3 Å². The molecule has 1 atom stereocenters. The van der Waals surface area contributed by atoms with Gasteiger partial charge in [-0.15, -0.1) is 0 Å². The van der Waals surface area contributed by atoms with Crippen LogP contribution in [0.2, 0.25) is 0 Å². The number of carboxylic acids is 1. The summed E-state index contributed by atoms with van der Waals surface area (Å²) >= 11 is 0. The summed E-state index contributed by atoms with van der Waals surface area (Å²) in [6.07, 6.45) is 0.221. The quantitative estimate of drug-likeness (QED) is 0.839. The van der Waals surface area contributed by atoms with Crippen molar-refractivity contribution < 1.29 is 19.0 Å². The number of halogens is 1. The van der Waals surface area contributed by atoms with Crippen molar-refractivity contribution in [2.75, 3.05) is 0 Å². The Morgan fingerprint density at radius 2 is 2.25 bits per heavy atom. The van der Waals surface area contributed by atoms with Crippen LogP contribution in [0.4, 0.5) is 4.39 Å². The molecule has 16 heavy (non-hydrogen) atoms. The van der Waals surface area contributed by atoms with E-state index in [4.69, 9.17) is 9.84 Å². The number of hydrogen-bond acceptors (Lipinski definition) is 2. The molecule has 0 amide bonds. The maximum absolute atomic E-state index is 13.2. The normalized spacial score (nSPS) is 12.2. The van der Waals surface area contributed by atoms with Crippen LogP contribution in [0.25, 0.3) is 0 Å². The summed E-state index contributed by atoms with van der Waals surface area (Å²) < 4.78 is 18.6. The Kier molecular flexibility index (Phi) is 4.28. The monoisotopic (exact) mass is 226 g/mol. The maximum Gasteiger partial charge on any atom is 0.303 e. The number of carboxylic acid groups (broad SMARTS) is 1. The van der Waals surface area contributed by atoms with Gasteiger partial charge >= 0.3 is 5.97 Å². The second kappa shape index (κ2) is 5.49. The number of hydrogen-bond donors (Lipinski definition) is 1. The fourth-order valence-corrected chi connectivity index (χ4v) is 1.26. The van der Waals surface area contributed by atoms with Crippen molar-refractivity contribution in [1.29, 1.82) is 0 Å². The average molecular weight is 226 g/mol. The zero-order chi connectivity index (χ0) is 12.1. The highest BCUT2D eigenvalue weighted by Gasteiger charge is 2.08. The fraction of sp³-hybridized carbons (Fsp3) is 0.417. The van der Waals surface area contributed by atoms with E-state index in [9.17, 15) is 9.18 Å². The van der Waals surface area contributed by atoms with Gasteiger partial charge in [-0.3, -0.25) is 4.79 Å². The average Bonchev–Trinajstić information content (AvgIpc) is 2.21. The van der Waals surface area contributed by atoms with E-state index < -0.39 is 5.97 Å². The molecule has 1 aromatic rings. The summed E-state index contributed by atoms with van der Waals surface area (Å²) in [7, 11) is 0. The van der Waals surface area contributed by atoms with Gasteiger partial charge in [0.25, 0.3) is 0 Å². The van der Waals surface area contributed by atoms with Crippen LogP contribution in [-0.2, 0) is 4.79 Å². The molecule has 0 saturated heterocycles. The molecule has 0 bridgehead atoms. The summed E-state index contributed by atoms with van der Waals surface area (Å²) in [5.74, 6) is -0.741. The molecule has 1 rings (SSSR count). The van der Waals surface area contributed by atoms with Crippen molar-refractivity contribution in [3.63, 3.8) is 0 Å². The summed E-state index contributed by atoms with van der Waals surface area (Å²) in [6, 6.07) is 4.62. The number of benzene rings is 1. The molecule has 88 valence electrons. The van der Waals surface area contributed by atoms with E-state index in [1.165, 1.54) is 6.07 Å². The van der Waals surface area contributed by atoms with Crippen LogP contribution in [0.15, 0.2) is 18.2 Å². The Morgan fingerprint density at radius 1 is 1.56 bits per heavy atom. The number of rotatable bonds is 5. The second-order valence-electron chi connectivity index (χ2n) is 3.77. The van der Waals surface area contributed by atoms with Crippen molar-refractivity contribution in [1.82, 2.24) is 0 Å². The lowest BCUT2D eigenvalue weighted by Crippen LogP contribution is -2.13. The second-order valence-corrected chi connectivity index (χ2v) is 3.77. The highest BCUT2D eigenvalue weighted by Crippen LogP contribution is 2.18. The Labute approximate surface area is 93.9 Å². The molecule has 1 aromatic carbocycles. The molecular formula is C12H15FO3. The molecule has 0 saturated carbocycles. The van der Waals surface area contributed by atoms with Crippen LogP contribution in [0.3, 0.4) is 0 Å². The van der Waals surface area contributed by atoms with E-state index >= 15 is 0 Å². The maximum atomic E-state index is 13.2. The first-order valence-corrected chi connectivity index (χ1v) is 5.13. The molecule has 0 aliphatic carbocycles. The highest BCUT2D eigenvalue weighted by atomic mass is 19.1. The molecule has 0 aliphatic heterocycles. The lowest BCUT2D eigenvalue weighted by atomic mass is 10.2. The van der Waals surface area contributed by atoms with Gasteiger partial charge in [-0.2, -0.15) is 0 Å². The zero-order valence-corrected chi connectivity index (χ0v) is 9.37. The molecule has 0 fully saturated rings. The fourth-order valence-electron chi connectivity index (χ4n) is 1.26. The first kappa shape index (κ1) is 12.5. The Hall–Kier alpha value is -1.58. The Morgan fingerprint density at radius 3 is 2.81 bits per heavy atom. The number of carbonyl (C=O) groups is 1. The van der Waals surface area contributed by atoms with E-state index in [1.807, 2.05) is 0 Å². The summed E-state index contributed by atoms with van der Waals surface area (Å²) in [4.78, 5) is 10.3. The van der Waals surface area contributed by atoms with Crippen molar-refractivity contribution in [3.05, 3.63) is 29.6 Å². The minimum absolute atomic E-state index is 0.0511. The standard InChI is InChI=1S/C12H15FO3/c1-8-3-5-10(7-11(8)13)16-9(2)4-6-12(14)15/h3,5,7,9H,4,6H2,1-2H3,(H,14,15). The van der Waals surface area contributed by atoms with Crippen LogP contribution >= 0.6 is 0 Å². The molecular weight excluding hydrogens is 211 g/mol. The van der Waals surface area contributed by atoms with Gasteiger partial charge in [-0.25, -0.2) is 4.39 Å². The number of aryl methyl sites for hydroxylation is 1. The van der Waals surface area contributed by atoms with Gasteiger partial charge in [0.05, 0.1) is 6.10 Å². The van der Waals surface area contributed by atoms with Crippen LogP contribution in [0.5, 0.6) is 5.75 Å². The smallest absolute Gasteiger partial charge is 0.303 e. The first-order chi connectivity index (χ1) is 7.49. The summed E-state index contributed by atoms with van der Waals surface area (Å²) in [5.41, 5.74) is 0.561.